The fourth-order valence-corrected chi connectivity index (χ4v) is 3.41. The zero-order valence-electron chi connectivity index (χ0n) is 10.0. The monoisotopic (exact) mass is 271 g/mol. The maximum atomic E-state index is 12.1. The lowest BCUT2D eigenvalue weighted by Gasteiger charge is -2.27. The number of ether oxygens (including phenoxy) is 1. The molecular formula is C12H17NO4S. The standard InChI is InChI=1S/C12H17NO4S/c14-12(11-4-2-1-3-5-11)10-18(15,16)13-6-8-17-9-7-13/h1-5,12,14H,6-10H2. The Hall–Kier alpha value is -0.950. The molecule has 5 nitrogen and oxygen atoms in total. The highest BCUT2D eigenvalue weighted by molar-refractivity contribution is 7.89. The van der Waals surface area contributed by atoms with Gasteiger partial charge in [0, 0.05) is 13.1 Å². The summed E-state index contributed by atoms with van der Waals surface area (Å²) in [4.78, 5) is 0. The minimum atomic E-state index is -3.43. The largest absolute Gasteiger partial charge is 0.387 e. The first-order chi connectivity index (χ1) is 8.59. The smallest absolute Gasteiger partial charge is 0.217 e. The molecule has 6 heteroatoms. The molecule has 1 N–H and O–H groups in total. The summed E-state index contributed by atoms with van der Waals surface area (Å²) in [6.45, 7) is 1.56. The number of benzene rings is 1. The van der Waals surface area contributed by atoms with Gasteiger partial charge < -0.3 is 9.84 Å². The number of rotatable bonds is 4. The van der Waals surface area contributed by atoms with Gasteiger partial charge in [0.1, 0.15) is 0 Å². The van der Waals surface area contributed by atoms with E-state index in [1.807, 2.05) is 6.07 Å². The maximum Gasteiger partial charge on any atom is 0.217 e. The minimum absolute atomic E-state index is 0.281. The third kappa shape index (κ3) is 3.29. The summed E-state index contributed by atoms with van der Waals surface area (Å²) in [6, 6.07) is 8.82. The van der Waals surface area contributed by atoms with E-state index in [4.69, 9.17) is 4.74 Å². The van der Waals surface area contributed by atoms with E-state index in [1.165, 1.54) is 4.31 Å². The summed E-state index contributed by atoms with van der Waals surface area (Å²) >= 11 is 0. The molecule has 1 aliphatic rings. The lowest BCUT2D eigenvalue weighted by molar-refractivity contribution is 0.0723. The lowest BCUT2D eigenvalue weighted by atomic mass is 10.1. The molecule has 0 aromatic heterocycles. The molecule has 18 heavy (non-hydrogen) atoms. The van der Waals surface area contributed by atoms with E-state index in [2.05, 4.69) is 0 Å². The second kappa shape index (κ2) is 5.79. The third-order valence-electron chi connectivity index (χ3n) is 2.92. The van der Waals surface area contributed by atoms with E-state index in [0.29, 0.717) is 31.9 Å². The van der Waals surface area contributed by atoms with Gasteiger partial charge in [-0.25, -0.2) is 8.42 Å². The predicted octanol–water partition coefficient (Wildman–Crippen LogP) is 0.382. The summed E-state index contributed by atoms with van der Waals surface area (Å²) in [7, 11) is -3.43. The first-order valence-electron chi connectivity index (χ1n) is 5.88. The van der Waals surface area contributed by atoms with Crippen LogP contribution >= 0.6 is 0 Å². The van der Waals surface area contributed by atoms with E-state index in [0.717, 1.165) is 0 Å². The SMILES string of the molecule is O=S(=O)(CC(O)c1ccccc1)N1CCOCC1. The number of aliphatic hydroxyl groups is 1. The first-order valence-corrected chi connectivity index (χ1v) is 7.49. The molecule has 0 aliphatic carbocycles. The van der Waals surface area contributed by atoms with Gasteiger partial charge in [-0.2, -0.15) is 4.31 Å². The van der Waals surface area contributed by atoms with E-state index in [1.54, 1.807) is 24.3 Å². The van der Waals surface area contributed by atoms with Crippen LogP contribution in [0, 0.1) is 0 Å². The van der Waals surface area contributed by atoms with Crippen molar-refractivity contribution in [2.24, 2.45) is 0 Å². The van der Waals surface area contributed by atoms with Crippen LogP contribution in [0.2, 0.25) is 0 Å². The van der Waals surface area contributed by atoms with Crippen LogP contribution in [0.4, 0.5) is 0 Å². The van der Waals surface area contributed by atoms with Crippen LogP contribution in [0.5, 0.6) is 0 Å². The van der Waals surface area contributed by atoms with Crippen molar-refractivity contribution in [2.75, 3.05) is 32.1 Å². The number of aliphatic hydroxyl groups excluding tert-OH is 1. The highest BCUT2D eigenvalue weighted by Gasteiger charge is 2.27. The Morgan fingerprint density at radius 1 is 1.22 bits per heavy atom. The maximum absolute atomic E-state index is 12.1. The second-order valence-electron chi connectivity index (χ2n) is 4.22. The zero-order valence-corrected chi connectivity index (χ0v) is 10.8. The van der Waals surface area contributed by atoms with E-state index < -0.39 is 16.1 Å². The van der Waals surface area contributed by atoms with Gasteiger partial charge in [0.25, 0.3) is 0 Å². The molecular weight excluding hydrogens is 254 g/mol. The van der Waals surface area contributed by atoms with Crippen molar-refractivity contribution in [3.8, 4) is 0 Å². The Morgan fingerprint density at radius 2 is 1.83 bits per heavy atom. The molecule has 1 fully saturated rings. The fraction of sp³-hybridized carbons (Fsp3) is 0.500. The molecule has 0 amide bonds. The molecule has 0 saturated carbocycles. The van der Waals surface area contributed by atoms with Gasteiger partial charge in [-0.05, 0) is 5.56 Å². The molecule has 100 valence electrons. The van der Waals surface area contributed by atoms with Crippen molar-refractivity contribution in [2.45, 2.75) is 6.10 Å². The topological polar surface area (TPSA) is 66.8 Å². The first kappa shape index (κ1) is 13.5. The van der Waals surface area contributed by atoms with Crippen LogP contribution in [-0.4, -0.2) is 49.9 Å². The molecule has 0 spiro atoms. The van der Waals surface area contributed by atoms with Crippen molar-refractivity contribution in [1.29, 1.82) is 0 Å². The molecule has 1 atom stereocenters. The summed E-state index contributed by atoms with van der Waals surface area (Å²) in [5, 5.41) is 9.95. The van der Waals surface area contributed by atoms with E-state index >= 15 is 0 Å². The van der Waals surface area contributed by atoms with E-state index in [-0.39, 0.29) is 5.75 Å². The van der Waals surface area contributed by atoms with Gasteiger partial charge >= 0.3 is 0 Å². The van der Waals surface area contributed by atoms with Crippen LogP contribution in [0.15, 0.2) is 30.3 Å². The Labute approximate surface area is 107 Å². The van der Waals surface area contributed by atoms with Crippen LogP contribution in [0.3, 0.4) is 0 Å². The van der Waals surface area contributed by atoms with Gasteiger partial charge in [0.15, 0.2) is 0 Å². The van der Waals surface area contributed by atoms with Crippen LogP contribution < -0.4 is 0 Å². The molecule has 1 unspecified atom stereocenters. The summed E-state index contributed by atoms with van der Waals surface area (Å²) in [5.41, 5.74) is 0.620. The lowest BCUT2D eigenvalue weighted by Crippen LogP contribution is -2.42. The van der Waals surface area contributed by atoms with Gasteiger partial charge in [0.2, 0.25) is 10.0 Å². The molecule has 1 aliphatic heterocycles. The van der Waals surface area contributed by atoms with Crippen molar-refractivity contribution < 1.29 is 18.3 Å². The molecule has 1 aromatic rings. The van der Waals surface area contributed by atoms with Crippen molar-refractivity contribution in [3.05, 3.63) is 35.9 Å². The number of morpholine rings is 1. The molecule has 0 bridgehead atoms. The number of hydrogen-bond acceptors (Lipinski definition) is 4. The van der Waals surface area contributed by atoms with Crippen LogP contribution in [0.25, 0.3) is 0 Å². The average Bonchev–Trinajstić information content (AvgIpc) is 2.40. The molecule has 1 aromatic carbocycles. The Kier molecular flexibility index (Phi) is 4.34. The second-order valence-corrected chi connectivity index (χ2v) is 6.23. The molecule has 0 radical (unpaired) electrons. The van der Waals surface area contributed by atoms with Crippen molar-refractivity contribution in [3.63, 3.8) is 0 Å². The Balaban J connectivity index is 2.03. The normalized spacial score (nSPS) is 19.6. The van der Waals surface area contributed by atoms with Crippen molar-refractivity contribution in [1.82, 2.24) is 4.31 Å². The predicted molar refractivity (Wildman–Crippen MR) is 67.6 cm³/mol. The fourth-order valence-electron chi connectivity index (χ4n) is 1.90. The summed E-state index contributed by atoms with van der Waals surface area (Å²) in [6.07, 6.45) is -0.987. The van der Waals surface area contributed by atoms with Gasteiger partial charge in [-0.15, -0.1) is 0 Å². The third-order valence-corrected chi connectivity index (χ3v) is 4.81. The van der Waals surface area contributed by atoms with Crippen molar-refractivity contribution >= 4 is 10.0 Å². The van der Waals surface area contributed by atoms with E-state index in [9.17, 15) is 13.5 Å². The van der Waals surface area contributed by atoms with Crippen LogP contribution in [-0.2, 0) is 14.8 Å². The summed E-state index contributed by atoms with van der Waals surface area (Å²) in [5.74, 6) is -0.281. The van der Waals surface area contributed by atoms with Gasteiger partial charge in [-0.1, -0.05) is 30.3 Å². The summed E-state index contributed by atoms with van der Waals surface area (Å²) < 4.78 is 30.7. The molecule has 2 rings (SSSR count). The number of hydrogen-bond donors (Lipinski definition) is 1. The minimum Gasteiger partial charge on any atom is -0.387 e. The number of sulfonamides is 1. The Bertz CT molecular complexity index is 468. The molecule has 1 saturated heterocycles. The number of nitrogens with zero attached hydrogens (tertiary/aromatic N) is 1. The van der Waals surface area contributed by atoms with Gasteiger partial charge in [-0.3, -0.25) is 0 Å². The highest BCUT2D eigenvalue weighted by atomic mass is 32.2. The highest BCUT2D eigenvalue weighted by Crippen LogP contribution is 2.17. The average molecular weight is 271 g/mol. The Morgan fingerprint density at radius 3 is 2.44 bits per heavy atom. The van der Waals surface area contributed by atoms with Gasteiger partial charge in [0.05, 0.1) is 25.1 Å². The van der Waals surface area contributed by atoms with Crippen LogP contribution in [0.1, 0.15) is 11.7 Å². The quantitative estimate of drug-likeness (QED) is 0.860. The zero-order chi connectivity index (χ0) is 13.0. The molecule has 1 heterocycles.